The normalized spacial score (nSPS) is 19.4. The fourth-order valence-corrected chi connectivity index (χ4v) is 3.74. The van der Waals surface area contributed by atoms with Gasteiger partial charge in [-0.15, -0.1) is 12.4 Å². The maximum atomic E-state index is 12.6. The molecule has 3 rings (SSSR count). The van der Waals surface area contributed by atoms with Crippen molar-refractivity contribution >= 4 is 18.3 Å². The zero-order chi connectivity index (χ0) is 16.3. The van der Waals surface area contributed by atoms with Crippen LogP contribution >= 0.6 is 12.4 Å². The molecular weight excluding hydrogens is 324 g/mol. The van der Waals surface area contributed by atoms with Crippen LogP contribution in [0.5, 0.6) is 5.75 Å². The van der Waals surface area contributed by atoms with Crippen LogP contribution in [0.2, 0.25) is 0 Å². The predicted molar refractivity (Wildman–Crippen MR) is 98.9 cm³/mol. The van der Waals surface area contributed by atoms with Crippen molar-refractivity contribution in [2.24, 2.45) is 5.41 Å². The van der Waals surface area contributed by atoms with Gasteiger partial charge in [0, 0.05) is 19.6 Å². The highest BCUT2D eigenvalue weighted by Gasteiger charge is 2.37. The van der Waals surface area contributed by atoms with E-state index >= 15 is 0 Å². The Morgan fingerprint density at radius 2 is 2.04 bits per heavy atom. The molecule has 2 heterocycles. The summed E-state index contributed by atoms with van der Waals surface area (Å²) in [5, 5.41) is 3.47. The first-order valence-corrected chi connectivity index (χ1v) is 8.80. The summed E-state index contributed by atoms with van der Waals surface area (Å²) < 4.78 is 5.71. The second-order valence-electron chi connectivity index (χ2n) is 7.30. The lowest BCUT2D eigenvalue weighted by atomic mass is 9.78. The Bertz CT molecular complexity index is 546. The minimum Gasteiger partial charge on any atom is -0.491 e. The maximum absolute atomic E-state index is 12.6. The van der Waals surface area contributed by atoms with Gasteiger partial charge in [-0.25, -0.2) is 0 Å². The average Bonchev–Trinajstić information content (AvgIpc) is 2.96. The summed E-state index contributed by atoms with van der Waals surface area (Å²) in [6.07, 6.45) is 4.17. The molecule has 134 valence electrons. The van der Waals surface area contributed by atoms with E-state index in [4.69, 9.17) is 4.74 Å². The van der Waals surface area contributed by atoms with Crippen LogP contribution in [0.1, 0.15) is 38.7 Å². The van der Waals surface area contributed by atoms with E-state index in [0.717, 1.165) is 50.3 Å². The van der Waals surface area contributed by atoms with Crippen LogP contribution in [-0.4, -0.2) is 43.1 Å². The molecular formula is C19H29ClN2O2. The minimum atomic E-state index is 0. The van der Waals surface area contributed by atoms with Gasteiger partial charge in [0.1, 0.15) is 5.75 Å². The molecule has 1 amide bonds. The molecule has 1 aromatic rings. The molecule has 2 aliphatic rings. The average molecular weight is 353 g/mol. The third kappa shape index (κ3) is 4.64. The van der Waals surface area contributed by atoms with Crippen LogP contribution in [0.25, 0.3) is 0 Å². The van der Waals surface area contributed by atoms with Crippen LogP contribution < -0.4 is 10.1 Å². The zero-order valence-electron chi connectivity index (χ0n) is 14.7. The molecule has 0 aliphatic carbocycles. The lowest BCUT2D eigenvalue weighted by Crippen LogP contribution is -2.44. The van der Waals surface area contributed by atoms with E-state index in [1.54, 1.807) is 0 Å². The van der Waals surface area contributed by atoms with Crippen molar-refractivity contribution in [3.63, 3.8) is 0 Å². The number of likely N-dealkylation sites (tertiary alicyclic amines) is 1. The Morgan fingerprint density at radius 1 is 1.29 bits per heavy atom. The molecule has 4 nitrogen and oxygen atoms in total. The van der Waals surface area contributed by atoms with E-state index in [2.05, 4.69) is 5.32 Å². The van der Waals surface area contributed by atoms with Crippen molar-refractivity contribution in [1.29, 1.82) is 0 Å². The van der Waals surface area contributed by atoms with Gasteiger partial charge in [-0.1, -0.05) is 12.1 Å². The molecule has 0 atom stereocenters. The van der Waals surface area contributed by atoms with Crippen LogP contribution in [-0.2, 0) is 11.2 Å². The summed E-state index contributed by atoms with van der Waals surface area (Å²) in [5.41, 5.74) is 1.50. The van der Waals surface area contributed by atoms with E-state index in [1.807, 2.05) is 43.0 Å². The van der Waals surface area contributed by atoms with Crippen LogP contribution in [0.3, 0.4) is 0 Å². The van der Waals surface area contributed by atoms with Crippen LogP contribution in [0, 0.1) is 5.41 Å². The highest BCUT2D eigenvalue weighted by atomic mass is 35.5. The van der Waals surface area contributed by atoms with E-state index in [-0.39, 0.29) is 24.4 Å². The molecule has 1 aromatic carbocycles. The quantitative estimate of drug-likeness (QED) is 0.905. The fraction of sp³-hybridized carbons (Fsp3) is 0.632. The highest BCUT2D eigenvalue weighted by molar-refractivity contribution is 5.85. The van der Waals surface area contributed by atoms with Gasteiger partial charge in [0.15, 0.2) is 0 Å². The Labute approximate surface area is 151 Å². The number of carbonyl (C=O) groups excluding carboxylic acids is 1. The fourth-order valence-electron chi connectivity index (χ4n) is 3.74. The van der Waals surface area contributed by atoms with Crippen molar-refractivity contribution in [3.05, 3.63) is 29.8 Å². The van der Waals surface area contributed by atoms with Gasteiger partial charge in [0.05, 0.1) is 12.5 Å². The molecule has 2 fully saturated rings. The number of amides is 1. The molecule has 24 heavy (non-hydrogen) atoms. The summed E-state index contributed by atoms with van der Waals surface area (Å²) in [4.78, 5) is 14.6. The lowest BCUT2D eigenvalue weighted by Gasteiger charge is -2.39. The van der Waals surface area contributed by atoms with Crippen molar-refractivity contribution < 1.29 is 9.53 Å². The van der Waals surface area contributed by atoms with Crippen molar-refractivity contribution in [3.8, 4) is 5.75 Å². The maximum Gasteiger partial charge on any atom is 0.226 e. The first-order valence-electron chi connectivity index (χ1n) is 8.80. The number of benzene rings is 1. The molecule has 1 N–H and O–H groups in total. The second kappa shape index (κ2) is 8.21. The van der Waals surface area contributed by atoms with Gasteiger partial charge < -0.3 is 15.0 Å². The third-order valence-corrected chi connectivity index (χ3v) is 5.13. The molecule has 2 saturated heterocycles. The van der Waals surface area contributed by atoms with Gasteiger partial charge in [0.2, 0.25) is 5.91 Å². The highest BCUT2D eigenvalue weighted by Crippen LogP contribution is 2.37. The Kier molecular flexibility index (Phi) is 6.53. The van der Waals surface area contributed by atoms with E-state index in [0.29, 0.717) is 11.8 Å². The van der Waals surface area contributed by atoms with Gasteiger partial charge in [-0.3, -0.25) is 4.79 Å². The molecule has 0 aromatic heterocycles. The lowest BCUT2D eigenvalue weighted by molar-refractivity contribution is -0.132. The first-order chi connectivity index (χ1) is 11.1. The minimum absolute atomic E-state index is 0. The Balaban J connectivity index is 0.00000208. The monoisotopic (exact) mass is 352 g/mol. The SMILES string of the molecule is CC(C)Oc1cccc(CC(=O)N2CCC3(CCNC3)CC2)c1.Cl. The summed E-state index contributed by atoms with van der Waals surface area (Å²) in [6, 6.07) is 7.92. The summed E-state index contributed by atoms with van der Waals surface area (Å²) in [6.45, 7) is 8.10. The van der Waals surface area contributed by atoms with Crippen molar-refractivity contribution in [1.82, 2.24) is 10.2 Å². The number of halogens is 1. The van der Waals surface area contributed by atoms with Crippen molar-refractivity contribution in [2.75, 3.05) is 26.2 Å². The first kappa shape index (κ1) is 19.1. The van der Waals surface area contributed by atoms with E-state index in [1.165, 1.54) is 6.42 Å². The number of hydrogen-bond donors (Lipinski definition) is 1. The molecule has 0 radical (unpaired) electrons. The summed E-state index contributed by atoms with van der Waals surface area (Å²) >= 11 is 0. The number of piperidine rings is 1. The van der Waals surface area contributed by atoms with Crippen molar-refractivity contribution in [2.45, 2.75) is 45.6 Å². The summed E-state index contributed by atoms with van der Waals surface area (Å²) in [5.74, 6) is 1.09. The molecule has 2 aliphatic heterocycles. The number of nitrogens with one attached hydrogen (secondary N) is 1. The largest absolute Gasteiger partial charge is 0.491 e. The number of nitrogens with zero attached hydrogens (tertiary/aromatic N) is 1. The predicted octanol–water partition coefficient (Wildman–Crippen LogP) is 3.04. The molecule has 0 bridgehead atoms. The zero-order valence-corrected chi connectivity index (χ0v) is 15.5. The number of rotatable bonds is 4. The third-order valence-electron chi connectivity index (χ3n) is 5.13. The van der Waals surface area contributed by atoms with E-state index < -0.39 is 0 Å². The van der Waals surface area contributed by atoms with Crippen LogP contribution in [0.15, 0.2) is 24.3 Å². The second-order valence-corrected chi connectivity index (χ2v) is 7.30. The standard InChI is InChI=1S/C19H28N2O2.ClH/c1-15(2)23-17-5-3-4-16(12-17)13-18(22)21-10-7-19(8-11-21)6-9-20-14-19;/h3-5,12,15,20H,6-11,13-14H2,1-2H3;1H. The van der Waals surface area contributed by atoms with Gasteiger partial charge in [0.25, 0.3) is 0 Å². The molecule has 1 spiro atoms. The van der Waals surface area contributed by atoms with Crippen LogP contribution in [0.4, 0.5) is 0 Å². The van der Waals surface area contributed by atoms with Gasteiger partial charge in [-0.2, -0.15) is 0 Å². The summed E-state index contributed by atoms with van der Waals surface area (Å²) in [7, 11) is 0. The topological polar surface area (TPSA) is 41.6 Å². The number of hydrogen-bond acceptors (Lipinski definition) is 3. The molecule has 5 heteroatoms. The number of ether oxygens (including phenoxy) is 1. The molecule has 0 saturated carbocycles. The van der Waals surface area contributed by atoms with Gasteiger partial charge >= 0.3 is 0 Å². The number of carbonyl (C=O) groups is 1. The van der Waals surface area contributed by atoms with Gasteiger partial charge in [-0.05, 0) is 62.8 Å². The smallest absolute Gasteiger partial charge is 0.226 e. The Hall–Kier alpha value is -1.26. The molecule has 0 unspecified atom stereocenters. The Morgan fingerprint density at radius 3 is 2.67 bits per heavy atom. The van der Waals surface area contributed by atoms with E-state index in [9.17, 15) is 4.79 Å².